The van der Waals surface area contributed by atoms with Crippen molar-refractivity contribution in [3.8, 4) is 5.75 Å². The number of amides is 2. The van der Waals surface area contributed by atoms with E-state index in [9.17, 15) is 9.59 Å². The molecule has 2 amide bonds. The van der Waals surface area contributed by atoms with Crippen LogP contribution in [0.3, 0.4) is 0 Å². The molecular formula is C17H15N3O4S. The number of carbonyl (C=O) groups is 2. The number of hydrogen-bond acceptors (Lipinski definition) is 6. The molecule has 2 N–H and O–H groups in total. The molecule has 8 heteroatoms. The first-order chi connectivity index (χ1) is 12.2. The van der Waals surface area contributed by atoms with E-state index >= 15 is 0 Å². The number of nitrogens with zero attached hydrogens (tertiary/aromatic N) is 1. The van der Waals surface area contributed by atoms with E-state index in [1.807, 2.05) is 12.1 Å². The fourth-order valence-corrected chi connectivity index (χ4v) is 2.82. The van der Waals surface area contributed by atoms with E-state index in [0.29, 0.717) is 22.3 Å². The summed E-state index contributed by atoms with van der Waals surface area (Å²) in [7, 11) is 1.54. The van der Waals surface area contributed by atoms with Gasteiger partial charge in [-0.2, -0.15) is 0 Å². The number of aromatic nitrogens is 1. The Balaban J connectivity index is 1.59. The number of anilines is 2. The molecule has 0 saturated carbocycles. The number of furan rings is 1. The maximum absolute atomic E-state index is 12.2. The monoisotopic (exact) mass is 357 g/mol. The summed E-state index contributed by atoms with van der Waals surface area (Å²) in [6.07, 6.45) is 1.51. The Morgan fingerprint density at radius 2 is 2.04 bits per heavy atom. The van der Waals surface area contributed by atoms with Crippen LogP contribution in [0.1, 0.15) is 16.2 Å². The van der Waals surface area contributed by atoms with Gasteiger partial charge in [0.2, 0.25) is 5.91 Å². The van der Waals surface area contributed by atoms with Crippen molar-refractivity contribution in [1.29, 1.82) is 0 Å². The fourth-order valence-electron chi connectivity index (χ4n) is 2.12. The summed E-state index contributed by atoms with van der Waals surface area (Å²) in [6, 6.07) is 10.3. The van der Waals surface area contributed by atoms with E-state index in [-0.39, 0.29) is 24.0 Å². The second kappa shape index (κ2) is 7.63. The van der Waals surface area contributed by atoms with E-state index in [0.717, 1.165) is 0 Å². The van der Waals surface area contributed by atoms with Gasteiger partial charge in [-0.25, -0.2) is 4.98 Å². The summed E-state index contributed by atoms with van der Waals surface area (Å²) in [6.45, 7) is 0. The summed E-state index contributed by atoms with van der Waals surface area (Å²) in [5.41, 5.74) is 1.16. The van der Waals surface area contributed by atoms with Gasteiger partial charge in [0.15, 0.2) is 10.9 Å². The lowest BCUT2D eigenvalue weighted by Crippen LogP contribution is -2.15. The average molecular weight is 357 g/mol. The molecule has 0 fully saturated rings. The van der Waals surface area contributed by atoms with Gasteiger partial charge in [-0.3, -0.25) is 14.9 Å². The summed E-state index contributed by atoms with van der Waals surface area (Å²) in [5.74, 6) is 0.175. The minimum atomic E-state index is -0.385. The van der Waals surface area contributed by atoms with Crippen LogP contribution >= 0.6 is 11.3 Å². The maximum atomic E-state index is 12.2. The molecule has 2 aromatic heterocycles. The molecule has 128 valence electrons. The molecule has 0 saturated heterocycles. The molecule has 3 aromatic rings. The minimum absolute atomic E-state index is 0.0885. The molecule has 3 rings (SSSR count). The van der Waals surface area contributed by atoms with E-state index in [1.165, 1.54) is 17.6 Å². The van der Waals surface area contributed by atoms with Gasteiger partial charge in [-0.1, -0.05) is 12.1 Å². The molecule has 0 radical (unpaired) electrons. The predicted octanol–water partition coefficient (Wildman–Crippen LogP) is 3.18. The highest BCUT2D eigenvalue weighted by Crippen LogP contribution is 2.23. The highest BCUT2D eigenvalue weighted by molar-refractivity contribution is 7.14. The summed E-state index contributed by atoms with van der Waals surface area (Å²) >= 11 is 1.24. The number of ether oxygens (including phenoxy) is 1. The SMILES string of the molecule is COc1ccccc1NC(=O)Cc1csc(NC(=O)c2ccco2)n1. The molecule has 2 heterocycles. The molecule has 0 aliphatic carbocycles. The van der Waals surface area contributed by atoms with Gasteiger partial charge < -0.3 is 14.5 Å². The van der Waals surface area contributed by atoms with Crippen molar-refractivity contribution in [3.63, 3.8) is 0 Å². The van der Waals surface area contributed by atoms with Crippen LogP contribution in [0.4, 0.5) is 10.8 Å². The molecule has 25 heavy (non-hydrogen) atoms. The minimum Gasteiger partial charge on any atom is -0.495 e. The van der Waals surface area contributed by atoms with Crippen LogP contribution in [0.15, 0.2) is 52.5 Å². The number of para-hydroxylation sites is 2. The Hall–Kier alpha value is -3.13. The molecule has 7 nitrogen and oxygen atoms in total. The highest BCUT2D eigenvalue weighted by Gasteiger charge is 2.13. The van der Waals surface area contributed by atoms with Crippen LogP contribution < -0.4 is 15.4 Å². The van der Waals surface area contributed by atoms with Crippen LogP contribution in [0, 0.1) is 0 Å². The van der Waals surface area contributed by atoms with Gasteiger partial charge in [-0.05, 0) is 24.3 Å². The first-order valence-electron chi connectivity index (χ1n) is 7.38. The number of carbonyl (C=O) groups excluding carboxylic acids is 2. The van der Waals surface area contributed by atoms with E-state index in [4.69, 9.17) is 9.15 Å². The second-order valence-electron chi connectivity index (χ2n) is 5.00. The van der Waals surface area contributed by atoms with Crippen LogP contribution in [-0.2, 0) is 11.2 Å². The normalized spacial score (nSPS) is 10.3. The average Bonchev–Trinajstić information content (AvgIpc) is 3.27. The molecule has 0 aliphatic heterocycles. The Bertz CT molecular complexity index is 874. The molecule has 0 spiro atoms. The van der Waals surface area contributed by atoms with Crippen molar-refractivity contribution in [2.45, 2.75) is 6.42 Å². The largest absolute Gasteiger partial charge is 0.495 e. The summed E-state index contributed by atoms with van der Waals surface area (Å²) in [4.78, 5) is 28.3. The molecular weight excluding hydrogens is 342 g/mol. The fraction of sp³-hybridized carbons (Fsp3) is 0.118. The third kappa shape index (κ3) is 4.24. The third-order valence-electron chi connectivity index (χ3n) is 3.24. The van der Waals surface area contributed by atoms with E-state index < -0.39 is 0 Å². The highest BCUT2D eigenvalue weighted by atomic mass is 32.1. The Kier molecular flexibility index (Phi) is 5.10. The first-order valence-corrected chi connectivity index (χ1v) is 8.26. The van der Waals surface area contributed by atoms with Crippen LogP contribution in [0.25, 0.3) is 0 Å². The van der Waals surface area contributed by atoms with Crippen molar-refractivity contribution in [2.75, 3.05) is 17.7 Å². The van der Waals surface area contributed by atoms with Crippen LogP contribution in [0.5, 0.6) is 5.75 Å². The molecule has 0 aliphatic rings. The Morgan fingerprint density at radius 3 is 2.80 bits per heavy atom. The standard InChI is InChI=1S/C17H15N3O4S/c1-23-13-6-3-2-5-12(13)19-15(21)9-11-10-25-17(18-11)20-16(22)14-7-4-8-24-14/h2-8,10H,9H2,1H3,(H,19,21)(H,18,20,22). The van der Waals surface area contributed by atoms with E-state index in [1.54, 1.807) is 36.8 Å². The van der Waals surface area contributed by atoms with Gasteiger partial charge >= 0.3 is 0 Å². The van der Waals surface area contributed by atoms with Gasteiger partial charge in [0.25, 0.3) is 5.91 Å². The van der Waals surface area contributed by atoms with Crippen molar-refractivity contribution < 1.29 is 18.7 Å². The topological polar surface area (TPSA) is 93.5 Å². The van der Waals surface area contributed by atoms with Crippen molar-refractivity contribution in [1.82, 2.24) is 4.98 Å². The van der Waals surface area contributed by atoms with Crippen molar-refractivity contribution in [3.05, 3.63) is 59.5 Å². The Labute approximate surface area is 147 Å². The van der Waals surface area contributed by atoms with Gasteiger partial charge in [0, 0.05) is 5.38 Å². The third-order valence-corrected chi connectivity index (χ3v) is 4.05. The zero-order chi connectivity index (χ0) is 17.6. The quantitative estimate of drug-likeness (QED) is 0.707. The maximum Gasteiger partial charge on any atom is 0.293 e. The number of hydrogen-bond donors (Lipinski definition) is 2. The summed E-state index contributed by atoms with van der Waals surface area (Å²) < 4.78 is 10.2. The lowest BCUT2D eigenvalue weighted by Gasteiger charge is -2.08. The van der Waals surface area contributed by atoms with Gasteiger partial charge in [-0.15, -0.1) is 11.3 Å². The number of thiazole rings is 1. The lowest BCUT2D eigenvalue weighted by atomic mass is 10.2. The smallest absolute Gasteiger partial charge is 0.293 e. The van der Waals surface area contributed by atoms with Crippen LogP contribution in [0.2, 0.25) is 0 Å². The van der Waals surface area contributed by atoms with Gasteiger partial charge in [0.05, 0.1) is 31.2 Å². The second-order valence-corrected chi connectivity index (χ2v) is 5.86. The van der Waals surface area contributed by atoms with Crippen molar-refractivity contribution in [2.24, 2.45) is 0 Å². The lowest BCUT2D eigenvalue weighted by molar-refractivity contribution is -0.115. The molecule has 0 atom stereocenters. The number of methoxy groups -OCH3 is 1. The first kappa shape index (κ1) is 16.7. The molecule has 0 unspecified atom stereocenters. The number of benzene rings is 1. The van der Waals surface area contributed by atoms with Crippen LogP contribution in [-0.4, -0.2) is 23.9 Å². The van der Waals surface area contributed by atoms with Gasteiger partial charge in [0.1, 0.15) is 5.75 Å². The number of rotatable bonds is 6. The number of nitrogens with one attached hydrogen (secondary N) is 2. The van der Waals surface area contributed by atoms with Crippen molar-refractivity contribution >= 4 is 34.0 Å². The summed E-state index contributed by atoms with van der Waals surface area (Å²) in [5, 5.41) is 7.54. The Morgan fingerprint density at radius 1 is 1.20 bits per heavy atom. The molecule has 0 bridgehead atoms. The zero-order valence-corrected chi connectivity index (χ0v) is 14.1. The zero-order valence-electron chi connectivity index (χ0n) is 13.3. The predicted molar refractivity (Wildman–Crippen MR) is 94.1 cm³/mol. The molecule has 1 aromatic carbocycles. The van der Waals surface area contributed by atoms with E-state index in [2.05, 4.69) is 15.6 Å².